The van der Waals surface area contributed by atoms with Crippen molar-refractivity contribution in [2.24, 2.45) is 0 Å². The summed E-state index contributed by atoms with van der Waals surface area (Å²) in [7, 11) is 1.79. The number of amides is 1. The second kappa shape index (κ2) is 7.73. The van der Waals surface area contributed by atoms with Gasteiger partial charge in [-0.3, -0.25) is 14.5 Å². The molecule has 0 fully saturated rings. The van der Waals surface area contributed by atoms with Gasteiger partial charge in [-0.2, -0.15) is 5.10 Å². The molecule has 5 rings (SSSR count). The van der Waals surface area contributed by atoms with Crippen LogP contribution in [0.2, 0.25) is 0 Å². The van der Waals surface area contributed by atoms with E-state index in [0.717, 1.165) is 17.7 Å². The Morgan fingerprint density at radius 3 is 2.73 bits per heavy atom. The van der Waals surface area contributed by atoms with Crippen LogP contribution >= 0.6 is 0 Å². The number of carbonyl (C=O) groups is 1. The van der Waals surface area contributed by atoms with Gasteiger partial charge >= 0.3 is 0 Å². The molecule has 10 heteroatoms. The summed E-state index contributed by atoms with van der Waals surface area (Å²) in [4.78, 5) is 22.3. The normalized spacial score (nSPS) is 13.8. The van der Waals surface area contributed by atoms with Crippen LogP contribution in [0.1, 0.15) is 11.3 Å². The summed E-state index contributed by atoms with van der Waals surface area (Å²) < 4.78 is 16.8. The molecule has 1 aliphatic heterocycles. The molecule has 168 valence electrons. The van der Waals surface area contributed by atoms with Crippen LogP contribution in [0.25, 0.3) is 21.9 Å². The van der Waals surface area contributed by atoms with Crippen molar-refractivity contribution in [2.75, 3.05) is 30.4 Å². The Hall–Kier alpha value is -4.21. The minimum Gasteiger partial charge on any atom is -0.397 e. The third-order valence-electron chi connectivity index (χ3n) is 6.08. The quantitative estimate of drug-likeness (QED) is 0.413. The maximum absolute atomic E-state index is 15.1. The van der Waals surface area contributed by atoms with E-state index in [2.05, 4.69) is 20.4 Å². The molecule has 0 unspecified atom stereocenters. The predicted molar refractivity (Wildman–Crippen MR) is 125 cm³/mol. The van der Waals surface area contributed by atoms with E-state index < -0.39 is 5.82 Å². The molecule has 0 radical (unpaired) electrons. The molecule has 0 saturated heterocycles. The van der Waals surface area contributed by atoms with Gasteiger partial charge in [0.15, 0.2) is 11.6 Å². The first-order valence-corrected chi connectivity index (χ1v) is 10.5. The molecule has 5 N–H and O–H groups in total. The summed E-state index contributed by atoms with van der Waals surface area (Å²) in [5, 5.41) is 8.89. The number of nitrogens with zero attached hydrogens (tertiary/aromatic N) is 5. The molecule has 0 spiro atoms. The number of nitrogen functional groups attached to an aromatic ring is 2. The second-order valence-electron chi connectivity index (χ2n) is 8.21. The molecule has 4 heterocycles. The molecule has 0 aliphatic carbocycles. The zero-order chi connectivity index (χ0) is 23.3. The largest absolute Gasteiger partial charge is 0.397 e. The third-order valence-corrected chi connectivity index (χ3v) is 6.08. The number of anilines is 4. The Kier molecular flexibility index (Phi) is 4.85. The second-order valence-corrected chi connectivity index (χ2v) is 8.21. The number of fused-ring (bicyclic) bond motifs is 2. The first-order valence-electron chi connectivity index (χ1n) is 10.5. The van der Waals surface area contributed by atoms with Gasteiger partial charge in [-0.15, -0.1) is 0 Å². The Bertz CT molecular complexity index is 1410. The van der Waals surface area contributed by atoms with Gasteiger partial charge in [0.05, 0.1) is 17.6 Å². The third kappa shape index (κ3) is 3.59. The monoisotopic (exact) mass is 446 g/mol. The number of carbonyl (C=O) groups excluding carboxylic acids is 1. The van der Waals surface area contributed by atoms with Crippen molar-refractivity contribution in [3.05, 3.63) is 53.9 Å². The number of hydrogen-bond donors (Lipinski definition) is 3. The van der Waals surface area contributed by atoms with Gasteiger partial charge in [-0.05, 0) is 30.0 Å². The Morgan fingerprint density at radius 2 is 1.91 bits per heavy atom. The zero-order valence-corrected chi connectivity index (χ0v) is 18.3. The molecule has 0 atom stereocenters. The maximum atomic E-state index is 15.1. The van der Waals surface area contributed by atoms with E-state index >= 15 is 4.39 Å². The number of hydrogen-bond acceptors (Lipinski definition) is 7. The summed E-state index contributed by atoms with van der Waals surface area (Å²) >= 11 is 0. The van der Waals surface area contributed by atoms with E-state index in [1.54, 1.807) is 35.0 Å². The lowest BCUT2D eigenvalue weighted by atomic mass is 9.97. The van der Waals surface area contributed by atoms with Crippen molar-refractivity contribution < 1.29 is 9.18 Å². The molecule has 9 nitrogen and oxygen atoms in total. The molecule has 0 saturated carbocycles. The maximum Gasteiger partial charge on any atom is 0.244 e. The first kappa shape index (κ1) is 20.7. The lowest BCUT2D eigenvalue weighted by Gasteiger charge is -2.13. The molecular formula is C23H23FN8O. The minimum absolute atomic E-state index is 0.0136. The van der Waals surface area contributed by atoms with Gasteiger partial charge in [-0.25, -0.2) is 9.37 Å². The highest BCUT2D eigenvalue weighted by Crippen LogP contribution is 2.36. The van der Waals surface area contributed by atoms with Crippen molar-refractivity contribution in [3.63, 3.8) is 0 Å². The smallest absolute Gasteiger partial charge is 0.244 e. The van der Waals surface area contributed by atoms with E-state index in [9.17, 15) is 4.79 Å². The molecule has 33 heavy (non-hydrogen) atoms. The van der Waals surface area contributed by atoms with Crippen molar-refractivity contribution in [2.45, 2.75) is 19.9 Å². The van der Waals surface area contributed by atoms with Crippen LogP contribution < -0.4 is 16.8 Å². The average molecular weight is 446 g/mol. The SMILES string of the molecule is Cc1c(N)cncc1-c1cc2cc(Nc3cc4n(n3)CC(=O)N(C)CC4)ncc2c(N)c1F. The number of halogens is 1. The molecule has 3 aromatic heterocycles. The number of nitrogens with one attached hydrogen (secondary N) is 1. The lowest BCUT2D eigenvalue weighted by Crippen LogP contribution is -2.29. The van der Waals surface area contributed by atoms with Gasteiger partial charge in [0.25, 0.3) is 0 Å². The summed E-state index contributed by atoms with van der Waals surface area (Å²) in [6, 6.07) is 5.41. The molecule has 1 amide bonds. The van der Waals surface area contributed by atoms with Crippen LogP contribution in [-0.4, -0.2) is 44.1 Å². The van der Waals surface area contributed by atoms with Crippen molar-refractivity contribution >= 4 is 39.7 Å². The standard InChI is InChI=1S/C23H23FN8O/c1-12-16(8-27-10-18(12)25)15-5-13-6-19(28-9-17(13)23(26)22(15)24)29-20-7-14-3-4-31(2)21(33)11-32(14)30-20/h5-10H,3-4,11,25-26H2,1-2H3,(H,28,29,30). The molecule has 1 aliphatic rings. The minimum atomic E-state index is -0.534. The number of benzene rings is 1. The topological polar surface area (TPSA) is 128 Å². The highest BCUT2D eigenvalue weighted by atomic mass is 19.1. The Morgan fingerprint density at radius 1 is 1.09 bits per heavy atom. The average Bonchev–Trinajstić information content (AvgIpc) is 3.11. The molecule has 1 aromatic carbocycles. The van der Waals surface area contributed by atoms with E-state index in [1.165, 1.54) is 12.4 Å². The van der Waals surface area contributed by atoms with Gasteiger partial charge in [-0.1, -0.05) is 0 Å². The van der Waals surface area contributed by atoms with Crippen molar-refractivity contribution in [1.82, 2.24) is 24.6 Å². The number of likely N-dealkylation sites (N-methyl/N-ethyl adjacent to an activating group) is 1. The van der Waals surface area contributed by atoms with Gasteiger partial charge in [0.2, 0.25) is 5.91 Å². The first-order chi connectivity index (χ1) is 15.8. The van der Waals surface area contributed by atoms with E-state index in [-0.39, 0.29) is 18.1 Å². The number of rotatable bonds is 3. The number of pyridine rings is 2. The lowest BCUT2D eigenvalue weighted by molar-refractivity contribution is -0.130. The van der Waals surface area contributed by atoms with E-state index in [1.807, 2.05) is 13.0 Å². The fourth-order valence-corrected chi connectivity index (χ4v) is 4.02. The number of nitrogens with two attached hydrogens (primary N) is 2. The van der Waals surface area contributed by atoms with Crippen LogP contribution in [0.15, 0.2) is 36.8 Å². The van der Waals surface area contributed by atoms with E-state index in [4.69, 9.17) is 11.5 Å². The fourth-order valence-electron chi connectivity index (χ4n) is 4.02. The molecule has 0 bridgehead atoms. The number of aromatic nitrogens is 4. The summed E-state index contributed by atoms with van der Waals surface area (Å²) in [6.07, 6.45) is 5.36. The zero-order valence-electron chi connectivity index (χ0n) is 18.3. The Labute approximate surface area is 189 Å². The van der Waals surface area contributed by atoms with Crippen LogP contribution in [-0.2, 0) is 17.8 Å². The highest BCUT2D eigenvalue weighted by molar-refractivity contribution is 5.98. The predicted octanol–water partition coefficient (Wildman–Crippen LogP) is 2.86. The van der Waals surface area contributed by atoms with Crippen molar-refractivity contribution in [1.29, 1.82) is 0 Å². The van der Waals surface area contributed by atoms with Crippen LogP contribution in [0.5, 0.6) is 0 Å². The van der Waals surface area contributed by atoms with Gasteiger partial charge in [0, 0.05) is 60.7 Å². The summed E-state index contributed by atoms with van der Waals surface area (Å²) in [6.45, 7) is 2.66. The molecular weight excluding hydrogens is 423 g/mol. The fraction of sp³-hybridized carbons (Fsp3) is 0.217. The van der Waals surface area contributed by atoms with E-state index in [0.29, 0.717) is 45.8 Å². The Balaban J connectivity index is 1.52. The van der Waals surface area contributed by atoms with Crippen molar-refractivity contribution in [3.8, 4) is 11.1 Å². The van der Waals surface area contributed by atoms with Gasteiger partial charge < -0.3 is 21.7 Å². The highest BCUT2D eigenvalue weighted by Gasteiger charge is 2.20. The van der Waals surface area contributed by atoms with Crippen LogP contribution in [0, 0.1) is 12.7 Å². The summed E-state index contributed by atoms with van der Waals surface area (Å²) in [5.41, 5.74) is 15.2. The van der Waals surface area contributed by atoms with Crippen LogP contribution in [0.3, 0.4) is 0 Å². The molecule has 4 aromatic rings. The summed E-state index contributed by atoms with van der Waals surface area (Å²) in [5.74, 6) is 0.593. The van der Waals surface area contributed by atoms with Gasteiger partial charge in [0.1, 0.15) is 12.4 Å². The van der Waals surface area contributed by atoms with Crippen LogP contribution in [0.4, 0.5) is 27.4 Å².